The standard InChI is InChI=1S/C11H20N2/c12-6-8-3-4-13(7-8)11-2-1-9-5-10(9)11/h8-11H,1-7,12H2. The van der Waals surface area contributed by atoms with Crippen LogP contribution in [0.3, 0.4) is 0 Å². The maximum Gasteiger partial charge on any atom is 0.0126 e. The number of hydrogen-bond donors (Lipinski definition) is 1. The van der Waals surface area contributed by atoms with Crippen molar-refractivity contribution in [3.05, 3.63) is 0 Å². The van der Waals surface area contributed by atoms with Crippen molar-refractivity contribution in [1.29, 1.82) is 0 Å². The van der Waals surface area contributed by atoms with Gasteiger partial charge in [0.15, 0.2) is 0 Å². The first-order valence-electron chi connectivity index (χ1n) is 5.82. The second-order valence-corrected chi connectivity index (χ2v) is 5.19. The highest BCUT2D eigenvalue weighted by Crippen LogP contribution is 2.54. The highest BCUT2D eigenvalue weighted by molar-refractivity contribution is 5.03. The summed E-state index contributed by atoms with van der Waals surface area (Å²) >= 11 is 0. The van der Waals surface area contributed by atoms with Crippen LogP contribution in [0.25, 0.3) is 0 Å². The van der Waals surface area contributed by atoms with E-state index in [-0.39, 0.29) is 0 Å². The van der Waals surface area contributed by atoms with Crippen molar-refractivity contribution >= 4 is 0 Å². The number of nitrogens with zero attached hydrogens (tertiary/aromatic N) is 1. The van der Waals surface area contributed by atoms with E-state index in [1.165, 1.54) is 38.8 Å². The van der Waals surface area contributed by atoms with Gasteiger partial charge < -0.3 is 5.73 Å². The van der Waals surface area contributed by atoms with Gasteiger partial charge in [0.05, 0.1) is 0 Å². The quantitative estimate of drug-likeness (QED) is 0.688. The SMILES string of the molecule is NCC1CCN(C2CCC3CC32)C1. The molecule has 0 bridgehead atoms. The smallest absolute Gasteiger partial charge is 0.0126 e. The van der Waals surface area contributed by atoms with Crippen LogP contribution in [0.1, 0.15) is 25.7 Å². The number of rotatable bonds is 2. The van der Waals surface area contributed by atoms with E-state index in [1.54, 1.807) is 0 Å². The van der Waals surface area contributed by atoms with E-state index >= 15 is 0 Å². The van der Waals surface area contributed by atoms with Crippen LogP contribution < -0.4 is 5.73 Å². The van der Waals surface area contributed by atoms with E-state index < -0.39 is 0 Å². The average Bonchev–Trinajstić information content (AvgIpc) is 2.65. The van der Waals surface area contributed by atoms with Crippen LogP contribution >= 0.6 is 0 Å². The normalized spacial score (nSPS) is 49.6. The second kappa shape index (κ2) is 2.96. The molecule has 1 saturated heterocycles. The molecule has 0 spiro atoms. The number of likely N-dealkylation sites (tertiary alicyclic amines) is 1. The van der Waals surface area contributed by atoms with Crippen molar-refractivity contribution in [1.82, 2.24) is 4.90 Å². The average molecular weight is 180 g/mol. The van der Waals surface area contributed by atoms with Crippen molar-refractivity contribution < 1.29 is 0 Å². The summed E-state index contributed by atoms with van der Waals surface area (Å²) < 4.78 is 0. The molecule has 3 aliphatic rings. The Labute approximate surface area is 80.5 Å². The molecule has 74 valence electrons. The van der Waals surface area contributed by atoms with E-state index in [0.717, 1.165) is 30.3 Å². The molecule has 1 heterocycles. The van der Waals surface area contributed by atoms with Crippen molar-refractivity contribution in [2.45, 2.75) is 31.7 Å². The Balaban J connectivity index is 1.60. The van der Waals surface area contributed by atoms with E-state index in [4.69, 9.17) is 5.73 Å². The van der Waals surface area contributed by atoms with Gasteiger partial charge >= 0.3 is 0 Å². The molecule has 4 atom stereocenters. The Morgan fingerprint density at radius 1 is 1.23 bits per heavy atom. The summed E-state index contributed by atoms with van der Waals surface area (Å²) in [5.74, 6) is 3.02. The summed E-state index contributed by atoms with van der Waals surface area (Å²) in [4.78, 5) is 2.73. The summed E-state index contributed by atoms with van der Waals surface area (Å²) in [6, 6.07) is 0.960. The minimum absolute atomic E-state index is 0.804. The first kappa shape index (κ1) is 8.25. The lowest BCUT2D eigenvalue weighted by atomic mass is 10.1. The molecule has 0 aromatic heterocycles. The van der Waals surface area contributed by atoms with E-state index in [1.807, 2.05) is 0 Å². The molecule has 2 N–H and O–H groups in total. The predicted octanol–water partition coefficient (Wildman–Crippen LogP) is 1.07. The van der Waals surface area contributed by atoms with E-state index in [9.17, 15) is 0 Å². The van der Waals surface area contributed by atoms with Gasteiger partial charge in [-0.3, -0.25) is 4.90 Å². The van der Waals surface area contributed by atoms with Crippen LogP contribution in [-0.2, 0) is 0 Å². The summed E-state index contributed by atoms with van der Waals surface area (Å²) in [5.41, 5.74) is 5.71. The summed E-state index contributed by atoms with van der Waals surface area (Å²) in [7, 11) is 0. The lowest BCUT2D eigenvalue weighted by molar-refractivity contribution is 0.217. The van der Waals surface area contributed by atoms with Gasteiger partial charge in [0.25, 0.3) is 0 Å². The molecular weight excluding hydrogens is 160 g/mol. The van der Waals surface area contributed by atoms with Crippen molar-refractivity contribution in [3.8, 4) is 0 Å². The fourth-order valence-electron chi connectivity index (χ4n) is 3.48. The maximum atomic E-state index is 5.71. The van der Waals surface area contributed by atoms with Crippen molar-refractivity contribution in [3.63, 3.8) is 0 Å². The first-order chi connectivity index (χ1) is 6.38. The molecule has 0 aromatic rings. The molecule has 4 unspecified atom stereocenters. The van der Waals surface area contributed by atoms with Crippen LogP contribution in [0.5, 0.6) is 0 Å². The number of hydrogen-bond acceptors (Lipinski definition) is 2. The van der Waals surface area contributed by atoms with Gasteiger partial charge in [-0.15, -0.1) is 0 Å². The largest absolute Gasteiger partial charge is 0.330 e. The van der Waals surface area contributed by atoms with Crippen molar-refractivity contribution in [2.75, 3.05) is 19.6 Å². The highest BCUT2D eigenvalue weighted by Gasteiger charge is 2.50. The Kier molecular flexibility index (Phi) is 1.88. The first-order valence-corrected chi connectivity index (χ1v) is 5.82. The second-order valence-electron chi connectivity index (χ2n) is 5.19. The van der Waals surface area contributed by atoms with Crippen LogP contribution in [0, 0.1) is 17.8 Å². The summed E-state index contributed by atoms with van der Waals surface area (Å²) in [6.45, 7) is 3.53. The van der Waals surface area contributed by atoms with Crippen LogP contribution in [-0.4, -0.2) is 30.6 Å². The molecule has 2 nitrogen and oxygen atoms in total. The summed E-state index contributed by atoms with van der Waals surface area (Å²) in [5, 5.41) is 0. The van der Waals surface area contributed by atoms with Gasteiger partial charge in [-0.05, 0) is 56.5 Å². The molecule has 13 heavy (non-hydrogen) atoms. The third-order valence-electron chi connectivity index (χ3n) is 4.42. The Morgan fingerprint density at radius 2 is 2.15 bits per heavy atom. The van der Waals surface area contributed by atoms with Crippen LogP contribution in [0.4, 0.5) is 0 Å². The van der Waals surface area contributed by atoms with Gasteiger partial charge in [-0.25, -0.2) is 0 Å². The summed E-state index contributed by atoms with van der Waals surface area (Å²) in [6.07, 6.45) is 5.88. The minimum atomic E-state index is 0.804. The fraction of sp³-hybridized carbons (Fsp3) is 1.00. The van der Waals surface area contributed by atoms with E-state index in [0.29, 0.717) is 0 Å². The van der Waals surface area contributed by atoms with Gasteiger partial charge in [-0.1, -0.05) is 0 Å². The third-order valence-corrected chi connectivity index (χ3v) is 4.42. The molecule has 2 saturated carbocycles. The van der Waals surface area contributed by atoms with Gasteiger partial charge in [0, 0.05) is 12.6 Å². The number of fused-ring (bicyclic) bond motifs is 1. The Morgan fingerprint density at radius 3 is 2.69 bits per heavy atom. The zero-order valence-electron chi connectivity index (χ0n) is 8.28. The van der Waals surface area contributed by atoms with E-state index in [2.05, 4.69) is 4.90 Å². The van der Waals surface area contributed by atoms with Crippen LogP contribution in [0.2, 0.25) is 0 Å². The zero-order chi connectivity index (χ0) is 8.84. The third kappa shape index (κ3) is 1.31. The molecule has 3 rings (SSSR count). The molecule has 1 aliphatic heterocycles. The predicted molar refractivity (Wildman–Crippen MR) is 53.4 cm³/mol. The molecule has 2 aliphatic carbocycles. The molecule has 0 amide bonds. The maximum absolute atomic E-state index is 5.71. The molecular formula is C11H20N2. The van der Waals surface area contributed by atoms with Crippen molar-refractivity contribution in [2.24, 2.45) is 23.5 Å². The zero-order valence-corrected chi connectivity index (χ0v) is 8.28. The lowest BCUT2D eigenvalue weighted by Gasteiger charge is -2.25. The minimum Gasteiger partial charge on any atom is -0.330 e. The Bertz CT molecular complexity index is 204. The monoisotopic (exact) mass is 180 g/mol. The topological polar surface area (TPSA) is 29.3 Å². The molecule has 0 aromatic carbocycles. The molecule has 3 fully saturated rings. The lowest BCUT2D eigenvalue weighted by Crippen LogP contribution is -2.34. The molecule has 0 radical (unpaired) electrons. The Hall–Kier alpha value is -0.0800. The molecule has 2 heteroatoms. The number of nitrogens with two attached hydrogens (primary N) is 1. The van der Waals surface area contributed by atoms with Crippen LogP contribution in [0.15, 0.2) is 0 Å². The van der Waals surface area contributed by atoms with Gasteiger partial charge in [0.2, 0.25) is 0 Å². The highest BCUT2D eigenvalue weighted by atomic mass is 15.2. The van der Waals surface area contributed by atoms with Gasteiger partial charge in [-0.2, -0.15) is 0 Å². The fourth-order valence-corrected chi connectivity index (χ4v) is 3.48. The van der Waals surface area contributed by atoms with Gasteiger partial charge in [0.1, 0.15) is 0 Å².